The van der Waals surface area contributed by atoms with Gasteiger partial charge in [0.25, 0.3) is 5.56 Å². The molecule has 8 heteroatoms. The summed E-state index contributed by atoms with van der Waals surface area (Å²) >= 11 is 0. The molecule has 1 N–H and O–H groups in total. The van der Waals surface area contributed by atoms with Gasteiger partial charge in [0.1, 0.15) is 5.39 Å². The van der Waals surface area contributed by atoms with Crippen LogP contribution in [0.3, 0.4) is 0 Å². The Bertz CT molecular complexity index is 1480. The summed E-state index contributed by atoms with van der Waals surface area (Å²) in [5.41, 5.74) is 5.64. The lowest BCUT2D eigenvalue weighted by atomic mass is 9.91. The van der Waals surface area contributed by atoms with E-state index in [0.717, 1.165) is 36.6 Å². The van der Waals surface area contributed by atoms with Gasteiger partial charge in [0.15, 0.2) is 5.65 Å². The number of likely N-dealkylation sites (N-methyl/N-ethyl adjacent to an activating group) is 1. The van der Waals surface area contributed by atoms with Gasteiger partial charge in [-0.05, 0) is 48.9 Å². The van der Waals surface area contributed by atoms with Crippen LogP contribution in [-0.4, -0.2) is 42.8 Å². The molecular weight excluding hydrogens is 438 g/mol. The summed E-state index contributed by atoms with van der Waals surface area (Å²) in [6.45, 7) is 12.5. The van der Waals surface area contributed by atoms with Gasteiger partial charge in [-0.25, -0.2) is 14.3 Å². The lowest BCUT2D eigenvalue weighted by Gasteiger charge is -2.25. The Morgan fingerprint density at radius 3 is 2.74 bits per heavy atom. The van der Waals surface area contributed by atoms with Crippen LogP contribution in [0.5, 0.6) is 0 Å². The molecule has 8 nitrogen and oxygen atoms in total. The van der Waals surface area contributed by atoms with Crippen molar-refractivity contribution >= 4 is 22.7 Å². The van der Waals surface area contributed by atoms with E-state index in [-0.39, 0.29) is 11.0 Å². The third kappa shape index (κ3) is 4.37. The molecule has 4 aromatic rings. The molecule has 0 radical (unpaired) electrons. The number of aromatic nitrogens is 5. The molecule has 4 heterocycles. The van der Waals surface area contributed by atoms with Crippen LogP contribution in [0.1, 0.15) is 37.6 Å². The highest BCUT2D eigenvalue weighted by molar-refractivity contribution is 5.77. The number of hydrogen-bond acceptors (Lipinski definition) is 6. The SMILES string of the molecule is C=CCn1c(=O)c2cnc(Nc3ccc4c(c3)CCN(C)C4)nc2n1-c1ccnc(C(C)(C)C)c1. The van der Waals surface area contributed by atoms with E-state index in [1.807, 2.05) is 16.8 Å². The van der Waals surface area contributed by atoms with Crippen molar-refractivity contribution in [2.24, 2.45) is 0 Å². The third-order valence-electron chi connectivity index (χ3n) is 6.40. The quantitative estimate of drug-likeness (QED) is 0.442. The summed E-state index contributed by atoms with van der Waals surface area (Å²) in [7, 11) is 2.14. The van der Waals surface area contributed by atoms with Gasteiger partial charge in [0, 0.05) is 42.3 Å². The molecule has 3 aromatic heterocycles. The first-order chi connectivity index (χ1) is 16.7. The van der Waals surface area contributed by atoms with E-state index >= 15 is 0 Å². The Kier molecular flexibility index (Phi) is 5.76. The van der Waals surface area contributed by atoms with Gasteiger partial charge in [0.05, 0.1) is 12.2 Å². The van der Waals surface area contributed by atoms with Crippen molar-refractivity contribution in [2.75, 3.05) is 18.9 Å². The fraction of sp³-hybridized carbons (Fsp3) is 0.333. The fourth-order valence-electron chi connectivity index (χ4n) is 4.50. The number of nitrogens with zero attached hydrogens (tertiary/aromatic N) is 6. The largest absolute Gasteiger partial charge is 0.324 e. The number of hydrogen-bond donors (Lipinski definition) is 1. The molecule has 1 aliphatic heterocycles. The lowest BCUT2D eigenvalue weighted by Crippen LogP contribution is -2.26. The third-order valence-corrected chi connectivity index (χ3v) is 6.40. The molecule has 0 amide bonds. The van der Waals surface area contributed by atoms with Crippen molar-refractivity contribution in [3.8, 4) is 5.69 Å². The Morgan fingerprint density at radius 1 is 1.14 bits per heavy atom. The van der Waals surface area contributed by atoms with Crippen LogP contribution in [0, 0.1) is 0 Å². The molecular formula is C27H31N7O. The van der Waals surface area contributed by atoms with Crippen molar-refractivity contribution in [3.05, 3.63) is 82.6 Å². The maximum atomic E-state index is 13.2. The van der Waals surface area contributed by atoms with Crippen LogP contribution in [0.25, 0.3) is 16.7 Å². The number of pyridine rings is 1. The van der Waals surface area contributed by atoms with Crippen LogP contribution in [-0.2, 0) is 24.9 Å². The van der Waals surface area contributed by atoms with E-state index < -0.39 is 0 Å². The zero-order valence-electron chi connectivity index (χ0n) is 20.7. The van der Waals surface area contributed by atoms with Gasteiger partial charge in [-0.2, -0.15) is 4.98 Å². The minimum atomic E-state index is -0.154. The molecule has 0 saturated heterocycles. The molecule has 1 aromatic carbocycles. The standard InChI is InChI=1S/C27H31N7O/c1-6-12-33-25(35)22-16-29-26(30-20-8-7-19-17-32(5)13-10-18(19)14-20)31-24(22)34(33)21-9-11-28-23(15-21)27(2,3)4/h6-9,11,14-16H,1,10,12-13,17H2,2-5H3,(H,29,30,31). The van der Waals surface area contributed by atoms with Crippen LogP contribution in [0.15, 0.2) is 60.2 Å². The van der Waals surface area contributed by atoms with Crippen molar-refractivity contribution in [1.82, 2.24) is 29.2 Å². The Morgan fingerprint density at radius 2 is 1.97 bits per heavy atom. The van der Waals surface area contributed by atoms with E-state index in [9.17, 15) is 4.79 Å². The van der Waals surface area contributed by atoms with E-state index in [2.05, 4.69) is 72.8 Å². The highest BCUT2D eigenvalue weighted by Gasteiger charge is 2.21. The van der Waals surface area contributed by atoms with Crippen LogP contribution in [0.2, 0.25) is 0 Å². The zero-order valence-corrected chi connectivity index (χ0v) is 20.7. The molecule has 5 rings (SSSR count). The Labute approximate surface area is 204 Å². The Balaban J connectivity index is 1.60. The fourth-order valence-corrected chi connectivity index (χ4v) is 4.50. The minimum absolute atomic E-state index is 0.133. The second-order valence-corrected chi connectivity index (χ2v) is 10.2. The van der Waals surface area contributed by atoms with Gasteiger partial charge >= 0.3 is 0 Å². The number of nitrogens with one attached hydrogen (secondary N) is 1. The maximum Gasteiger partial charge on any atom is 0.278 e. The predicted octanol–water partition coefficient (Wildman–Crippen LogP) is 4.19. The average Bonchev–Trinajstić information content (AvgIpc) is 3.10. The first kappa shape index (κ1) is 23.0. The highest BCUT2D eigenvalue weighted by atomic mass is 16.1. The molecule has 0 saturated carbocycles. The first-order valence-electron chi connectivity index (χ1n) is 11.9. The molecule has 1 aliphatic rings. The smallest absolute Gasteiger partial charge is 0.278 e. The van der Waals surface area contributed by atoms with Gasteiger partial charge in [-0.15, -0.1) is 6.58 Å². The summed E-state index contributed by atoms with van der Waals surface area (Å²) in [5.74, 6) is 0.444. The number of rotatable bonds is 5. The van der Waals surface area contributed by atoms with Gasteiger partial charge < -0.3 is 10.2 Å². The summed E-state index contributed by atoms with van der Waals surface area (Å²) in [5, 5.41) is 3.80. The predicted molar refractivity (Wildman–Crippen MR) is 140 cm³/mol. The zero-order chi connectivity index (χ0) is 24.7. The number of allylic oxidation sites excluding steroid dienone is 1. The minimum Gasteiger partial charge on any atom is -0.324 e. The summed E-state index contributed by atoms with van der Waals surface area (Å²) < 4.78 is 3.47. The van der Waals surface area contributed by atoms with E-state index in [1.165, 1.54) is 11.1 Å². The molecule has 0 spiro atoms. The molecule has 35 heavy (non-hydrogen) atoms. The van der Waals surface area contributed by atoms with E-state index in [4.69, 9.17) is 4.98 Å². The normalized spacial score (nSPS) is 14.2. The van der Waals surface area contributed by atoms with Gasteiger partial charge in [-0.1, -0.05) is 32.9 Å². The number of fused-ring (bicyclic) bond motifs is 2. The molecule has 0 atom stereocenters. The van der Waals surface area contributed by atoms with Crippen molar-refractivity contribution in [1.29, 1.82) is 0 Å². The number of benzene rings is 1. The highest BCUT2D eigenvalue weighted by Crippen LogP contribution is 2.26. The van der Waals surface area contributed by atoms with Crippen molar-refractivity contribution in [3.63, 3.8) is 0 Å². The average molecular weight is 470 g/mol. The topological polar surface area (TPSA) is 80.9 Å². The molecule has 0 aliphatic carbocycles. The van der Waals surface area contributed by atoms with Crippen LogP contribution < -0.4 is 10.9 Å². The first-order valence-corrected chi connectivity index (χ1v) is 11.9. The molecule has 0 bridgehead atoms. The molecule has 0 fully saturated rings. The molecule has 180 valence electrons. The number of anilines is 2. The van der Waals surface area contributed by atoms with E-state index in [1.54, 1.807) is 23.2 Å². The van der Waals surface area contributed by atoms with Crippen molar-refractivity contribution in [2.45, 2.75) is 45.7 Å². The van der Waals surface area contributed by atoms with Crippen LogP contribution >= 0.6 is 0 Å². The summed E-state index contributed by atoms with van der Waals surface area (Å²) in [4.78, 5) is 29.3. The maximum absolute atomic E-state index is 13.2. The monoisotopic (exact) mass is 469 g/mol. The Hall–Kier alpha value is -3.78. The van der Waals surface area contributed by atoms with Crippen LogP contribution in [0.4, 0.5) is 11.6 Å². The molecule has 0 unspecified atom stereocenters. The second-order valence-electron chi connectivity index (χ2n) is 10.2. The summed E-state index contributed by atoms with van der Waals surface area (Å²) in [6.07, 6.45) is 6.10. The van der Waals surface area contributed by atoms with Gasteiger partial charge in [-0.3, -0.25) is 9.78 Å². The lowest BCUT2D eigenvalue weighted by molar-refractivity contribution is 0.313. The van der Waals surface area contributed by atoms with E-state index in [0.29, 0.717) is 23.5 Å². The second kappa shape index (κ2) is 8.78. The van der Waals surface area contributed by atoms with Gasteiger partial charge in [0.2, 0.25) is 5.95 Å². The summed E-state index contributed by atoms with van der Waals surface area (Å²) in [6, 6.07) is 10.3. The van der Waals surface area contributed by atoms with Crippen molar-refractivity contribution < 1.29 is 0 Å².